The van der Waals surface area contributed by atoms with Gasteiger partial charge in [0.05, 0.1) is 18.6 Å². The quantitative estimate of drug-likeness (QED) is 0.583. The van der Waals surface area contributed by atoms with Gasteiger partial charge in [0.1, 0.15) is 11.5 Å². The molecule has 0 atom stereocenters. The van der Waals surface area contributed by atoms with E-state index in [1.807, 2.05) is 25.1 Å². The normalized spacial score (nSPS) is 14.4. The van der Waals surface area contributed by atoms with Crippen LogP contribution >= 0.6 is 0 Å². The second-order valence-corrected chi connectivity index (χ2v) is 9.41. The van der Waals surface area contributed by atoms with Crippen LogP contribution in [0, 0.1) is 0 Å². The van der Waals surface area contributed by atoms with Crippen LogP contribution in [0.15, 0.2) is 53.4 Å². The van der Waals surface area contributed by atoms with E-state index < -0.39 is 10.0 Å². The topological polar surface area (TPSA) is 88.2 Å². The van der Waals surface area contributed by atoms with Gasteiger partial charge in [-0.05, 0) is 48.9 Å². The standard InChI is InChI=1S/C23H31N3O5S/c1-3-31-20-7-9-22(10-8-20)32(28,29)26(18-19-5-4-6-21(17-19)30-2)14-11-23(27)25-15-12-24-13-16-25/h4-10,17,24H,3,11-16,18H2,1-2H3. The van der Waals surface area contributed by atoms with Crippen molar-refractivity contribution in [1.29, 1.82) is 0 Å². The molecule has 2 aromatic rings. The first-order valence-electron chi connectivity index (χ1n) is 10.8. The Hall–Kier alpha value is -2.62. The van der Waals surface area contributed by atoms with E-state index >= 15 is 0 Å². The maximum Gasteiger partial charge on any atom is 0.243 e. The summed E-state index contributed by atoms with van der Waals surface area (Å²) in [6.45, 7) is 5.39. The molecule has 174 valence electrons. The lowest BCUT2D eigenvalue weighted by Crippen LogP contribution is -2.47. The number of carbonyl (C=O) groups is 1. The minimum atomic E-state index is -3.82. The van der Waals surface area contributed by atoms with Gasteiger partial charge in [0, 0.05) is 45.7 Å². The van der Waals surface area contributed by atoms with Crippen molar-refractivity contribution in [3.05, 3.63) is 54.1 Å². The Bertz CT molecular complexity index is 989. The molecule has 1 aliphatic heterocycles. The molecule has 0 bridgehead atoms. The number of ether oxygens (including phenoxy) is 2. The summed E-state index contributed by atoms with van der Waals surface area (Å²) in [5, 5.41) is 3.21. The average molecular weight is 462 g/mol. The first kappa shape index (κ1) is 24.0. The molecular weight excluding hydrogens is 430 g/mol. The number of benzene rings is 2. The first-order valence-corrected chi connectivity index (χ1v) is 12.2. The third kappa shape index (κ3) is 6.21. The van der Waals surface area contributed by atoms with Crippen molar-refractivity contribution in [2.24, 2.45) is 0 Å². The van der Waals surface area contributed by atoms with Crippen molar-refractivity contribution in [3.63, 3.8) is 0 Å². The summed E-state index contributed by atoms with van der Waals surface area (Å²) in [5.74, 6) is 1.22. The number of methoxy groups -OCH3 is 1. The molecule has 1 N–H and O–H groups in total. The van der Waals surface area contributed by atoms with Crippen molar-refractivity contribution >= 4 is 15.9 Å². The van der Waals surface area contributed by atoms with E-state index in [-0.39, 0.29) is 30.3 Å². The predicted molar refractivity (Wildman–Crippen MR) is 122 cm³/mol. The maximum absolute atomic E-state index is 13.5. The fourth-order valence-electron chi connectivity index (χ4n) is 3.57. The highest BCUT2D eigenvalue weighted by molar-refractivity contribution is 7.89. The van der Waals surface area contributed by atoms with Crippen molar-refractivity contribution in [1.82, 2.24) is 14.5 Å². The van der Waals surface area contributed by atoms with Gasteiger partial charge in [-0.2, -0.15) is 4.31 Å². The number of nitrogens with zero attached hydrogens (tertiary/aromatic N) is 2. The first-order chi connectivity index (χ1) is 15.4. The number of sulfonamides is 1. The molecular formula is C23H31N3O5S. The predicted octanol–water partition coefficient (Wildman–Crippen LogP) is 2.11. The highest BCUT2D eigenvalue weighted by atomic mass is 32.2. The fraction of sp³-hybridized carbons (Fsp3) is 0.435. The highest BCUT2D eigenvalue weighted by Gasteiger charge is 2.27. The van der Waals surface area contributed by atoms with E-state index in [2.05, 4.69) is 5.32 Å². The van der Waals surface area contributed by atoms with Crippen LogP contribution in [0.25, 0.3) is 0 Å². The lowest BCUT2D eigenvalue weighted by atomic mass is 10.2. The fourth-order valence-corrected chi connectivity index (χ4v) is 5.00. The Kier molecular flexibility index (Phi) is 8.49. The van der Waals surface area contributed by atoms with Crippen molar-refractivity contribution in [2.75, 3.05) is 46.4 Å². The summed E-state index contributed by atoms with van der Waals surface area (Å²) < 4.78 is 39.0. The average Bonchev–Trinajstić information content (AvgIpc) is 2.82. The molecule has 0 aliphatic carbocycles. The zero-order valence-electron chi connectivity index (χ0n) is 18.6. The number of hydrogen-bond donors (Lipinski definition) is 1. The number of amides is 1. The number of hydrogen-bond acceptors (Lipinski definition) is 6. The van der Waals surface area contributed by atoms with Crippen LogP contribution < -0.4 is 14.8 Å². The Morgan fingerprint density at radius 1 is 1.09 bits per heavy atom. The maximum atomic E-state index is 13.5. The summed E-state index contributed by atoms with van der Waals surface area (Å²) in [6, 6.07) is 13.6. The van der Waals surface area contributed by atoms with Gasteiger partial charge in [-0.1, -0.05) is 12.1 Å². The third-order valence-corrected chi connectivity index (χ3v) is 7.17. The Morgan fingerprint density at radius 3 is 2.47 bits per heavy atom. The van der Waals surface area contributed by atoms with E-state index in [1.165, 1.54) is 16.4 Å². The minimum absolute atomic E-state index is 0.0379. The molecule has 3 rings (SSSR count). The second kappa shape index (κ2) is 11.3. The molecule has 1 heterocycles. The molecule has 1 saturated heterocycles. The van der Waals surface area contributed by atoms with Gasteiger partial charge in [-0.3, -0.25) is 4.79 Å². The largest absolute Gasteiger partial charge is 0.497 e. The van der Waals surface area contributed by atoms with Gasteiger partial charge in [-0.15, -0.1) is 0 Å². The SMILES string of the molecule is CCOc1ccc(S(=O)(=O)N(CCC(=O)N2CCNCC2)Cc2cccc(OC)c2)cc1. The lowest BCUT2D eigenvalue weighted by molar-refractivity contribution is -0.131. The molecule has 0 spiro atoms. The van der Waals surface area contributed by atoms with Crippen molar-refractivity contribution in [3.8, 4) is 11.5 Å². The minimum Gasteiger partial charge on any atom is -0.497 e. The van der Waals surface area contributed by atoms with Gasteiger partial charge in [0.25, 0.3) is 0 Å². The molecule has 1 fully saturated rings. The van der Waals surface area contributed by atoms with Gasteiger partial charge in [0.2, 0.25) is 15.9 Å². The second-order valence-electron chi connectivity index (χ2n) is 7.48. The molecule has 9 heteroatoms. The number of carbonyl (C=O) groups excluding carboxylic acids is 1. The Balaban J connectivity index is 1.81. The Morgan fingerprint density at radius 2 is 1.81 bits per heavy atom. The molecule has 8 nitrogen and oxygen atoms in total. The number of rotatable bonds is 10. The van der Waals surface area contributed by atoms with Crippen LogP contribution in [0.1, 0.15) is 18.9 Å². The van der Waals surface area contributed by atoms with Crippen LogP contribution in [0.5, 0.6) is 11.5 Å². The van der Waals surface area contributed by atoms with Gasteiger partial charge in [-0.25, -0.2) is 8.42 Å². The van der Waals surface area contributed by atoms with Gasteiger partial charge >= 0.3 is 0 Å². The zero-order valence-corrected chi connectivity index (χ0v) is 19.4. The van der Waals surface area contributed by atoms with Crippen LogP contribution in [0.2, 0.25) is 0 Å². The van der Waals surface area contributed by atoms with Crippen LogP contribution in [0.4, 0.5) is 0 Å². The number of piperazine rings is 1. The highest BCUT2D eigenvalue weighted by Crippen LogP contribution is 2.23. The van der Waals surface area contributed by atoms with E-state index in [1.54, 1.807) is 30.2 Å². The van der Waals surface area contributed by atoms with Crippen LogP contribution in [-0.4, -0.2) is 70.0 Å². The lowest BCUT2D eigenvalue weighted by Gasteiger charge is -2.29. The molecule has 1 aliphatic rings. The van der Waals surface area contributed by atoms with E-state index in [0.29, 0.717) is 31.2 Å². The smallest absolute Gasteiger partial charge is 0.243 e. The van der Waals surface area contributed by atoms with Crippen LogP contribution in [-0.2, 0) is 21.4 Å². The van der Waals surface area contributed by atoms with E-state index in [0.717, 1.165) is 18.7 Å². The molecule has 0 unspecified atom stereocenters. The summed E-state index contributed by atoms with van der Waals surface area (Å²) in [6.07, 6.45) is 0.125. The summed E-state index contributed by atoms with van der Waals surface area (Å²) in [5.41, 5.74) is 0.786. The van der Waals surface area contributed by atoms with E-state index in [9.17, 15) is 13.2 Å². The molecule has 0 radical (unpaired) electrons. The molecule has 0 aromatic heterocycles. The summed E-state index contributed by atoms with van der Waals surface area (Å²) >= 11 is 0. The molecule has 2 aromatic carbocycles. The van der Waals surface area contributed by atoms with Gasteiger partial charge < -0.3 is 19.7 Å². The van der Waals surface area contributed by atoms with Gasteiger partial charge in [0.15, 0.2) is 0 Å². The van der Waals surface area contributed by atoms with Crippen LogP contribution in [0.3, 0.4) is 0 Å². The summed E-state index contributed by atoms with van der Waals surface area (Å²) in [7, 11) is -2.25. The number of nitrogens with one attached hydrogen (secondary N) is 1. The molecule has 1 amide bonds. The summed E-state index contributed by atoms with van der Waals surface area (Å²) in [4.78, 5) is 14.6. The Labute approximate surface area is 190 Å². The van der Waals surface area contributed by atoms with Crippen molar-refractivity contribution < 1.29 is 22.7 Å². The monoisotopic (exact) mass is 461 g/mol. The molecule has 0 saturated carbocycles. The third-order valence-electron chi connectivity index (χ3n) is 5.31. The zero-order chi connectivity index (χ0) is 23.0. The van der Waals surface area contributed by atoms with Crippen molar-refractivity contribution in [2.45, 2.75) is 24.8 Å². The molecule has 32 heavy (non-hydrogen) atoms. The van der Waals surface area contributed by atoms with E-state index in [4.69, 9.17) is 9.47 Å².